The molecule has 2 heterocycles. The number of rotatable bonds is 3. The number of hydrogen-bond acceptors (Lipinski definition) is 2. The van der Waals surface area contributed by atoms with Crippen LogP contribution in [-0.4, -0.2) is 35.1 Å². The van der Waals surface area contributed by atoms with Gasteiger partial charge in [-0.05, 0) is 31.6 Å². The molecule has 0 aromatic heterocycles. The molecular formula is C12H21NO2. The van der Waals surface area contributed by atoms with Crippen molar-refractivity contribution in [2.75, 3.05) is 13.1 Å². The number of hydrogen-bond donors (Lipinski definition) is 1. The third kappa shape index (κ3) is 2.33. The van der Waals surface area contributed by atoms with Crippen LogP contribution in [0.15, 0.2) is 0 Å². The van der Waals surface area contributed by atoms with Gasteiger partial charge >= 0.3 is 5.97 Å². The van der Waals surface area contributed by atoms with Crippen molar-refractivity contribution in [3.05, 3.63) is 0 Å². The topological polar surface area (TPSA) is 40.5 Å². The Labute approximate surface area is 91.5 Å². The Balaban J connectivity index is 1.89. The van der Waals surface area contributed by atoms with Crippen LogP contribution in [0.3, 0.4) is 0 Å². The minimum atomic E-state index is -0.604. The minimum Gasteiger partial charge on any atom is -0.481 e. The van der Waals surface area contributed by atoms with Gasteiger partial charge in [0.25, 0.3) is 0 Å². The second-order valence-corrected chi connectivity index (χ2v) is 5.11. The zero-order chi connectivity index (χ0) is 10.8. The lowest BCUT2D eigenvalue weighted by atomic mass is 9.92. The van der Waals surface area contributed by atoms with E-state index < -0.39 is 5.97 Å². The molecule has 3 heteroatoms. The second kappa shape index (κ2) is 4.52. The molecule has 2 rings (SSSR count). The van der Waals surface area contributed by atoms with E-state index in [1.807, 2.05) is 0 Å². The molecule has 0 aromatic rings. The van der Waals surface area contributed by atoms with E-state index in [1.54, 1.807) is 0 Å². The fraction of sp³-hybridized carbons (Fsp3) is 0.917. The Morgan fingerprint density at radius 3 is 2.87 bits per heavy atom. The maximum absolute atomic E-state index is 10.9. The Kier molecular flexibility index (Phi) is 3.29. The Morgan fingerprint density at radius 2 is 2.20 bits per heavy atom. The summed E-state index contributed by atoms with van der Waals surface area (Å²) < 4.78 is 0. The summed E-state index contributed by atoms with van der Waals surface area (Å²) in [5, 5.41) is 9.00. The molecule has 2 saturated heterocycles. The SMILES string of the molecule is CCCC1CC2CCC(C(=O)O)CN2C1. The first-order valence-corrected chi connectivity index (χ1v) is 6.17. The van der Waals surface area contributed by atoms with Crippen LogP contribution in [0.2, 0.25) is 0 Å². The summed E-state index contributed by atoms with van der Waals surface area (Å²) in [4.78, 5) is 13.3. The average molecular weight is 211 g/mol. The van der Waals surface area contributed by atoms with Crippen molar-refractivity contribution in [2.45, 2.75) is 45.1 Å². The molecule has 1 N–H and O–H groups in total. The molecule has 2 aliphatic heterocycles. The molecule has 0 amide bonds. The Morgan fingerprint density at radius 1 is 1.40 bits per heavy atom. The van der Waals surface area contributed by atoms with E-state index in [1.165, 1.54) is 19.3 Å². The molecule has 0 radical (unpaired) electrons. The van der Waals surface area contributed by atoms with E-state index in [2.05, 4.69) is 11.8 Å². The number of carbonyl (C=O) groups is 1. The summed E-state index contributed by atoms with van der Waals surface area (Å²) >= 11 is 0. The fourth-order valence-corrected chi connectivity index (χ4v) is 3.20. The molecule has 2 fully saturated rings. The van der Waals surface area contributed by atoms with Crippen molar-refractivity contribution >= 4 is 5.97 Å². The summed E-state index contributed by atoms with van der Waals surface area (Å²) in [6, 6.07) is 0.692. The number of carboxylic acids is 1. The van der Waals surface area contributed by atoms with E-state index in [0.717, 1.165) is 31.8 Å². The lowest BCUT2D eigenvalue weighted by Crippen LogP contribution is -2.41. The summed E-state index contributed by atoms with van der Waals surface area (Å²) in [5.74, 6) is 0.113. The molecule has 0 aliphatic carbocycles. The van der Waals surface area contributed by atoms with Crippen LogP contribution >= 0.6 is 0 Å². The number of carboxylic acid groups (broad SMARTS) is 1. The molecule has 2 aliphatic rings. The predicted octanol–water partition coefficient (Wildman–Crippen LogP) is 1.97. The van der Waals surface area contributed by atoms with Crippen LogP contribution in [0.25, 0.3) is 0 Å². The van der Waals surface area contributed by atoms with Gasteiger partial charge in [-0.15, -0.1) is 0 Å². The molecule has 0 saturated carbocycles. The smallest absolute Gasteiger partial charge is 0.307 e. The zero-order valence-electron chi connectivity index (χ0n) is 9.48. The molecule has 3 nitrogen and oxygen atoms in total. The second-order valence-electron chi connectivity index (χ2n) is 5.11. The average Bonchev–Trinajstić information content (AvgIpc) is 2.59. The molecule has 3 unspecified atom stereocenters. The molecule has 0 spiro atoms. The van der Waals surface area contributed by atoms with E-state index in [9.17, 15) is 4.79 Å². The van der Waals surface area contributed by atoms with Gasteiger partial charge in [0.05, 0.1) is 5.92 Å². The highest BCUT2D eigenvalue weighted by molar-refractivity contribution is 5.70. The van der Waals surface area contributed by atoms with E-state index in [0.29, 0.717) is 6.04 Å². The highest BCUT2D eigenvalue weighted by atomic mass is 16.4. The zero-order valence-corrected chi connectivity index (χ0v) is 9.48. The van der Waals surface area contributed by atoms with Crippen LogP contribution < -0.4 is 0 Å². The van der Waals surface area contributed by atoms with Crippen LogP contribution in [0.1, 0.15) is 39.0 Å². The number of fused-ring (bicyclic) bond motifs is 1. The molecule has 3 atom stereocenters. The van der Waals surface area contributed by atoms with Gasteiger partial charge < -0.3 is 5.11 Å². The van der Waals surface area contributed by atoms with Gasteiger partial charge in [-0.2, -0.15) is 0 Å². The van der Waals surface area contributed by atoms with E-state index in [-0.39, 0.29) is 5.92 Å². The van der Waals surface area contributed by atoms with Gasteiger partial charge in [-0.3, -0.25) is 9.69 Å². The van der Waals surface area contributed by atoms with Gasteiger partial charge in [-0.25, -0.2) is 0 Å². The van der Waals surface area contributed by atoms with Gasteiger partial charge in [0.2, 0.25) is 0 Å². The monoisotopic (exact) mass is 211 g/mol. The third-order valence-electron chi connectivity index (χ3n) is 3.96. The van der Waals surface area contributed by atoms with Crippen LogP contribution in [-0.2, 0) is 4.79 Å². The van der Waals surface area contributed by atoms with Crippen molar-refractivity contribution in [3.8, 4) is 0 Å². The number of aliphatic carboxylic acids is 1. The summed E-state index contributed by atoms with van der Waals surface area (Å²) in [6.07, 6.45) is 5.85. The lowest BCUT2D eigenvalue weighted by Gasteiger charge is -2.32. The van der Waals surface area contributed by atoms with E-state index in [4.69, 9.17) is 5.11 Å². The quantitative estimate of drug-likeness (QED) is 0.776. The Hall–Kier alpha value is -0.570. The molecule has 86 valence electrons. The maximum atomic E-state index is 10.9. The lowest BCUT2D eigenvalue weighted by molar-refractivity contribution is -0.143. The predicted molar refractivity (Wildman–Crippen MR) is 58.7 cm³/mol. The summed E-state index contributed by atoms with van der Waals surface area (Å²) in [5.41, 5.74) is 0. The van der Waals surface area contributed by atoms with Gasteiger partial charge in [0, 0.05) is 19.1 Å². The van der Waals surface area contributed by atoms with Gasteiger partial charge in [0.1, 0.15) is 0 Å². The van der Waals surface area contributed by atoms with Crippen molar-refractivity contribution in [1.29, 1.82) is 0 Å². The first kappa shape index (κ1) is 10.9. The highest BCUT2D eigenvalue weighted by Gasteiger charge is 2.38. The normalized spacial score (nSPS) is 36.5. The largest absolute Gasteiger partial charge is 0.481 e. The number of nitrogens with zero attached hydrogens (tertiary/aromatic N) is 1. The van der Waals surface area contributed by atoms with Crippen molar-refractivity contribution in [2.24, 2.45) is 11.8 Å². The molecule has 0 bridgehead atoms. The van der Waals surface area contributed by atoms with Crippen molar-refractivity contribution in [3.63, 3.8) is 0 Å². The standard InChI is InChI=1S/C12H21NO2/c1-2-3-9-6-11-5-4-10(12(14)15)8-13(11)7-9/h9-11H,2-8H2,1H3,(H,14,15). The fourth-order valence-electron chi connectivity index (χ4n) is 3.20. The van der Waals surface area contributed by atoms with Crippen LogP contribution in [0, 0.1) is 11.8 Å². The first-order chi connectivity index (χ1) is 7.20. The Bertz CT molecular complexity index is 242. The molecular weight excluding hydrogens is 190 g/mol. The first-order valence-electron chi connectivity index (χ1n) is 6.17. The third-order valence-corrected chi connectivity index (χ3v) is 3.96. The molecule has 0 aromatic carbocycles. The van der Waals surface area contributed by atoms with Gasteiger partial charge in [-0.1, -0.05) is 13.3 Å². The van der Waals surface area contributed by atoms with E-state index >= 15 is 0 Å². The van der Waals surface area contributed by atoms with Crippen molar-refractivity contribution in [1.82, 2.24) is 4.90 Å². The molecule has 15 heavy (non-hydrogen) atoms. The minimum absolute atomic E-state index is 0.110. The maximum Gasteiger partial charge on any atom is 0.307 e. The van der Waals surface area contributed by atoms with Crippen LogP contribution in [0.4, 0.5) is 0 Å². The van der Waals surface area contributed by atoms with Crippen LogP contribution in [0.5, 0.6) is 0 Å². The highest BCUT2D eigenvalue weighted by Crippen LogP contribution is 2.34. The van der Waals surface area contributed by atoms with Crippen molar-refractivity contribution < 1.29 is 9.90 Å². The number of piperidine rings is 1. The summed E-state index contributed by atoms with van der Waals surface area (Å²) in [7, 11) is 0. The summed E-state index contributed by atoms with van der Waals surface area (Å²) in [6.45, 7) is 4.17. The van der Waals surface area contributed by atoms with Gasteiger partial charge in [0.15, 0.2) is 0 Å².